The highest BCUT2D eigenvalue weighted by molar-refractivity contribution is 5.95. The van der Waals surface area contributed by atoms with Gasteiger partial charge in [-0.25, -0.2) is 4.39 Å². The van der Waals surface area contributed by atoms with Crippen LogP contribution in [0.5, 0.6) is 0 Å². The molecule has 100 valence electrons. The lowest BCUT2D eigenvalue weighted by molar-refractivity contribution is 0.0931. The Morgan fingerprint density at radius 3 is 2.84 bits per heavy atom. The molecule has 1 aliphatic rings. The minimum atomic E-state index is -0.572. The molecule has 1 aliphatic carbocycles. The number of benzene rings is 1. The minimum absolute atomic E-state index is 0.0193. The van der Waals surface area contributed by atoms with Crippen molar-refractivity contribution in [3.8, 4) is 11.8 Å². The molecule has 0 bridgehead atoms. The second kappa shape index (κ2) is 5.41. The van der Waals surface area contributed by atoms with E-state index in [0.29, 0.717) is 12.0 Å². The van der Waals surface area contributed by atoms with E-state index in [2.05, 4.69) is 17.2 Å². The van der Waals surface area contributed by atoms with Crippen LogP contribution in [0.15, 0.2) is 18.2 Å². The zero-order valence-electron chi connectivity index (χ0n) is 10.8. The number of amides is 1. The van der Waals surface area contributed by atoms with Gasteiger partial charge >= 0.3 is 0 Å². The molecule has 1 saturated carbocycles. The fraction of sp³-hybridized carbons (Fsp3) is 0.400. The largest absolute Gasteiger partial charge is 0.395 e. The molecular formula is C15H16FNO2. The molecule has 0 heterocycles. The molecule has 0 atom stereocenters. The maximum Gasteiger partial charge on any atom is 0.254 e. The van der Waals surface area contributed by atoms with Gasteiger partial charge in [0.1, 0.15) is 5.82 Å². The van der Waals surface area contributed by atoms with E-state index in [1.807, 2.05) is 6.92 Å². The molecule has 19 heavy (non-hydrogen) atoms. The molecule has 0 aromatic heterocycles. The average molecular weight is 261 g/mol. The summed E-state index contributed by atoms with van der Waals surface area (Å²) in [5.41, 5.74) is 0.379. The first-order chi connectivity index (χ1) is 9.04. The second-order valence-corrected chi connectivity index (χ2v) is 4.98. The summed E-state index contributed by atoms with van der Waals surface area (Å²) in [6.45, 7) is 1.92. The maximum absolute atomic E-state index is 13.8. The number of aliphatic hydroxyl groups is 1. The molecule has 3 nitrogen and oxygen atoms in total. The van der Waals surface area contributed by atoms with Crippen LogP contribution in [0.25, 0.3) is 0 Å². The van der Waals surface area contributed by atoms with Crippen LogP contribution in [0.1, 0.15) is 42.1 Å². The molecule has 0 spiro atoms. The second-order valence-electron chi connectivity index (χ2n) is 4.98. The van der Waals surface area contributed by atoms with E-state index >= 15 is 0 Å². The van der Waals surface area contributed by atoms with Crippen molar-refractivity contribution in [2.75, 3.05) is 6.61 Å². The predicted molar refractivity (Wildman–Crippen MR) is 70.1 cm³/mol. The van der Waals surface area contributed by atoms with E-state index in [9.17, 15) is 9.18 Å². The van der Waals surface area contributed by atoms with Gasteiger partial charge in [-0.2, -0.15) is 0 Å². The van der Waals surface area contributed by atoms with E-state index in [-0.39, 0.29) is 23.6 Å². The van der Waals surface area contributed by atoms with Gasteiger partial charge in [-0.05, 0) is 38.0 Å². The van der Waals surface area contributed by atoms with Crippen molar-refractivity contribution in [1.29, 1.82) is 0 Å². The van der Waals surface area contributed by atoms with Crippen LogP contribution in [0.3, 0.4) is 0 Å². The van der Waals surface area contributed by atoms with E-state index in [1.54, 1.807) is 6.07 Å². The maximum atomic E-state index is 13.8. The Kier molecular flexibility index (Phi) is 3.87. The quantitative estimate of drug-likeness (QED) is 0.816. The van der Waals surface area contributed by atoms with Crippen molar-refractivity contribution in [3.05, 3.63) is 35.1 Å². The van der Waals surface area contributed by atoms with Crippen molar-refractivity contribution in [2.45, 2.75) is 31.7 Å². The Balaban J connectivity index is 2.11. The van der Waals surface area contributed by atoms with Crippen LogP contribution in [-0.4, -0.2) is 23.2 Å². The summed E-state index contributed by atoms with van der Waals surface area (Å²) in [5.74, 6) is 4.49. The fourth-order valence-electron chi connectivity index (χ4n) is 1.65. The number of carbonyl (C=O) groups is 1. The lowest BCUT2D eigenvalue weighted by atomic mass is 10.1. The summed E-state index contributed by atoms with van der Waals surface area (Å²) in [5, 5.41) is 11.4. The van der Waals surface area contributed by atoms with Crippen molar-refractivity contribution in [2.24, 2.45) is 0 Å². The third kappa shape index (κ3) is 3.55. The van der Waals surface area contributed by atoms with Gasteiger partial charge in [-0.3, -0.25) is 4.79 Å². The summed E-state index contributed by atoms with van der Waals surface area (Å²) in [4.78, 5) is 11.9. The Morgan fingerprint density at radius 1 is 1.53 bits per heavy atom. The number of hydrogen-bond acceptors (Lipinski definition) is 2. The van der Waals surface area contributed by atoms with Crippen LogP contribution in [0.4, 0.5) is 4.39 Å². The summed E-state index contributed by atoms with van der Waals surface area (Å²) in [6.07, 6.45) is 2.22. The molecule has 1 fully saturated rings. The fourth-order valence-corrected chi connectivity index (χ4v) is 1.65. The summed E-state index contributed by atoms with van der Waals surface area (Å²) >= 11 is 0. The monoisotopic (exact) mass is 261 g/mol. The van der Waals surface area contributed by atoms with E-state index < -0.39 is 5.82 Å². The molecule has 2 N–H and O–H groups in total. The summed E-state index contributed by atoms with van der Waals surface area (Å²) in [6, 6.07) is 4.30. The topological polar surface area (TPSA) is 49.3 Å². The number of aliphatic hydroxyl groups excluding tert-OH is 1. The number of carbonyl (C=O) groups excluding carboxylic acids is 1. The lowest BCUT2D eigenvalue weighted by Crippen LogP contribution is -2.34. The van der Waals surface area contributed by atoms with Gasteiger partial charge in [-0.1, -0.05) is 11.8 Å². The van der Waals surface area contributed by atoms with Gasteiger partial charge < -0.3 is 10.4 Å². The van der Waals surface area contributed by atoms with Crippen molar-refractivity contribution < 1.29 is 14.3 Å². The van der Waals surface area contributed by atoms with Crippen LogP contribution < -0.4 is 5.32 Å². The highest BCUT2D eigenvalue weighted by atomic mass is 19.1. The number of rotatable bonds is 3. The standard InChI is InChI=1S/C15H16FNO2/c1-15(7-8-15)17-14(19)12-6-5-11(10-13(12)16)4-2-3-9-18/h5-6,10,18H,3,7-9H2,1H3,(H,17,19). The molecule has 0 saturated heterocycles. The first-order valence-corrected chi connectivity index (χ1v) is 6.26. The smallest absolute Gasteiger partial charge is 0.254 e. The third-order valence-corrected chi connectivity index (χ3v) is 3.10. The minimum Gasteiger partial charge on any atom is -0.395 e. The van der Waals surface area contributed by atoms with Gasteiger partial charge in [0.2, 0.25) is 0 Å². The van der Waals surface area contributed by atoms with Gasteiger partial charge in [0.25, 0.3) is 5.91 Å². The lowest BCUT2D eigenvalue weighted by Gasteiger charge is -2.11. The van der Waals surface area contributed by atoms with Crippen LogP contribution >= 0.6 is 0 Å². The zero-order chi connectivity index (χ0) is 13.9. The van der Waals surface area contributed by atoms with E-state index in [0.717, 1.165) is 12.8 Å². The third-order valence-electron chi connectivity index (χ3n) is 3.10. The number of hydrogen-bond donors (Lipinski definition) is 2. The Hall–Kier alpha value is -1.86. The predicted octanol–water partition coefficient (Wildman–Crippen LogP) is 1.84. The Bertz CT molecular complexity index is 553. The first-order valence-electron chi connectivity index (χ1n) is 6.26. The highest BCUT2D eigenvalue weighted by Gasteiger charge is 2.39. The number of nitrogens with one attached hydrogen (secondary N) is 1. The molecule has 0 unspecified atom stereocenters. The van der Waals surface area contributed by atoms with E-state index in [1.165, 1.54) is 12.1 Å². The van der Waals surface area contributed by atoms with Gasteiger partial charge in [0.15, 0.2) is 0 Å². The molecule has 2 rings (SSSR count). The summed E-state index contributed by atoms with van der Waals surface area (Å²) < 4.78 is 13.8. The first kappa shape index (κ1) is 13.6. The number of halogens is 1. The van der Waals surface area contributed by atoms with Crippen molar-refractivity contribution in [1.82, 2.24) is 5.32 Å². The molecule has 0 aliphatic heterocycles. The van der Waals surface area contributed by atoms with Crippen molar-refractivity contribution >= 4 is 5.91 Å². The van der Waals surface area contributed by atoms with Gasteiger partial charge in [0, 0.05) is 17.5 Å². The molecule has 4 heteroatoms. The van der Waals surface area contributed by atoms with Gasteiger partial charge in [0.05, 0.1) is 12.2 Å². The van der Waals surface area contributed by atoms with Crippen LogP contribution in [0.2, 0.25) is 0 Å². The van der Waals surface area contributed by atoms with Crippen molar-refractivity contribution in [3.63, 3.8) is 0 Å². The summed E-state index contributed by atoms with van der Waals surface area (Å²) in [7, 11) is 0. The zero-order valence-corrected chi connectivity index (χ0v) is 10.8. The van der Waals surface area contributed by atoms with Crippen LogP contribution in [0, 0.1) is 17.7 Å². The molecule has 1 aromatic carbocycles. The Labute approximate surface area is 111 Å². The van der Waals surface area contributed by atoms with Gasteiger partial charge in [-0.15, -0.1) is 0 Å². The Morgan fingerprint density at radius 2 is 2.26 bits per heavy atom. The average Bonchev–Trinajstić information content (AvgIpc) is 3.07. The van der Waals surface area contributed by atoms with E-state index in [4.69, 9.17) is 5.11 Å². The highest BCUT2D eigenvalue weighted by Crippen LogP contribution is 2.34. The molecule has 0 radical (unpaired) electrons. The van der Waals surface area contributed by atoms with Crippen LogP contribution in [-0.2, 0) is 0 Å². The normalized spacial score (nSPS) is 15.3. The molecular weight excluding hydrogens is 245 g/mol. The molecule has 1 amide bonds. The SMILES string of the molecule is CC1(NC(=O)c2ccc(C#CCCO)cc2F)CC1. The molecule has 1 aromatic rings.